The van der Waals surface area contributed by atoms with Crippen LogP contribution in [0.5, 0.6) is 0 Å². The number of hydrogen-bond donors (Lipinski definition) is 4. The lowest BCUT2D eigenvalue weighted by molar-refractivity contribution is -0.301. The minimum atomic E-state index is -1.84. The number of hydrogen-bond acceptors (Lipinski definition) is 10. The molecule has 12 nitrogen and oxygen atoms in total. The average Bonchev–Trinajstić information content (AvgIpc) is 2.70. The highest BCUT2D eigenvalue weighted by molar-refractivity contribution is 5.95. The summed E-state index contributed by atoms with van der Waals surface area (Å²) >= 11 is 0. The largest absolute Gasteiger partial charge is 0.479 e. The number of aliphatic hydroxyl groups excluding tert-OH is 3. The van der Waals surface area contributed by atoms with E-state index in [4.69, 9.17) is 14.6 Å². The van der Waals surface area contributed by atoms with Gasteiger partial charge < -0.3 is 29.9 Å². The molecule has 28 heavy (non-hydrogen) atoms. The predicted molar refractivity (Wildman–Crippen MR) is 90.6 cm³/mol. The van der Waals surface area contributed by atoms with E-state index in [9.17, 15) is 29.8 Å². The first-order valence-electron chi connectivity index (χ1n) is 8.40. The molecule has 2 rings (SSSR count). The summed E-state index contributed by atoms with van der Waals surface area (Å²) in [6.07, 6.45) is -5.41. The summed E-state index contributed by atoms with van der Waals surface area (Å²) in [6, 6.07) is 3.25. The summed E-state index contributed by atoms with van der Waals surface area (Å²) in [5.41, 5.74) is 0.440. The molecule has 0 radical (unpaired) electrons. The van der Waals surface area contributed by atoms with Crippen LogP contribution in [0.3, 0.4) is 0 Å². The van der Waals surface area contributed by atoms with E-state index in [-0.39, 0.29) is 25.2 Å². The second-order valence-electron chi connectivity index (χ2n) is 6.11. The number of Topliss-reactive ketones (excluding diaryl/α,β-unsaturated/α-hetero) is 1. The van der Waals surface area contributed by atoms with Crippen molar-refractivity contribution in [1.29, 1.82) is 0 Å². The van der Waals surface area contributed by atoms with E-state index in [0.29, 0.717) is 5.56 Å². The Bertz CT molecular complexity index is 675. The van der Waals surface area contributed by atoms with Gasteiger partial charge in [0.15, 0.2) is 18.2 Å². The zero-order valence-electron chi connectivity index (χ0n) is 14.7. The maximum Gasteiger partial charge on any atom is 0.335 e. The first kappa shape index (κ1) is 21.8. The van der Waals surface area contributed by atoms with Crippen LogP contribution in [0.15, 0.2) is 29.8 Å². The van der Waals surface area contributed by atoms with Crippen LogP contribution in [0.25, 0.3) is 0 Å². The van der Waals surface area contributed by atoms with Crippen molar-refractivity contribution in [2.75, 3.05) is 13.3 Å². The van der Waals surface area contributed by atoms with Crippen LogP contribution >= 0.6 is 0 Å². The maximum absolute atomic E-state index is 12.0. The fourth-order valence-electron chi connectivity index (χ4n) is 2.57. The maximum atomic E-state index is 12.0. The van der Waals surface area contributed by atoms with E-state index in [1.54, 1.807) is 18.3 Å². The molecule has 1 saturated heterocycles. The van der Waals surface area contributed by atoms with E-state index in [2.05, 4.69) is 10.3 Å². The summed E-state index contributed by atoms with van der Waals surface area (Å²) in [5, 5.41) is 41.7. The molecule has 0 spiro atoms. The minimum Gasteiger partial charge on any atom is -0.479 e. The summed E-state index contributed by atoms with van der Waals surface area (Å²) in [6.45, 7) is -0.437. The normalized spacial score (nSPS) is 27.2. The third kappa shape index (κ3) is 5.50. The number of aliphatic carboxylic acids is 1. The molecule has 1 aliphatic heterocycles. The lowest BCUT2D eigenvalue weighted by Crippen LogP contribution is -2.60. The first-order chi connectivity index (χ1) is 13.3. The van der Waals surface area contributed by atoms with Gasteiger partial charge in [-0.05, 0) is 18.6 Å². The zero-order valence-corrected chi connectivity index (χ0v) is 14.7. The summed E-state index contributed by atoms with van der Waals surface area (Å²) in [5.74, 6) is -1.71. The van der Waals surface area contributed by atoms with Crippen LogP contribution in [0.2, 0.25) is 0 Å². The molecule has 0 bridgehead atoms. The Labute approximate surface area is 159 Å². The highest BCUT2D eigenvalue weighted by Crippen LogP contribution is 2.22. The number of aliphatic hydroxyl groups is 3. The van der Waals surface area contributed by atoms with E-state index < -0.39 is 43.4 Å². The second kappa shape index (κ2) is 10.1. The monoisotopic (exact) mass is 399 g/mol. The van der Waals surface area contributed by atoms with Gasteiger partial charge in [0.2, 0.25) is 0 Å². The molecular formula is C16H21N3O9. The van der Waals surface area contributed by atoms with Gasteiger partial charge in [-0.3, -0.25) is 9.78 Å². The predicted octanol–water partition coefficient (Wildman–Crippen LogP) is -1.11. The highest BCUT2D eigenvalue weighted by atomic mass is 16.7. The molecule has 1 aromatic rings. The van der Waals surface area contributed by atoms with Gasteiger partial charge in [0.25, 0.3) is 0 Å². The van der Waals surface area contributed by atoms with Crippen LogP contribution in [0, 0.1) is 4.91 Å². The number of aromatic nitrogens is 1. The molecule has 4 N–H and O–H groups in total. The zero-order chi connectivity index (χ0) is 20.7. The van der Waals surface area contributed by atoms with Crippen molar-refractivity contribution in [3.63, 3.8) is 0 Å². The molecule has 0 saturated carbocycles. The van der Waals surface area contributed by atoms with Gasteiger partial charge in [0.05, 0.1) is 5.29 Å². The Morgan fingerprint density at radius 1 is 1.25 bits per heavy atom. The van der Waals surface area contributed by atoms with Crippen molar-refractivity contribution < 1.29 is 39.5 Å². The Hall–Kier alpha value is -2.51. The third-order valence-electron chi connectivity index (χ3n) is 4.12. The smallest absolute Gasteiger partial charge is 0.335 e. The topological polar surface area (TPSA) is 179 Å². The van der Waals surface area contributed by atoms with Gasteiger partial charge in [0.1, 0.15) is 25.0 Å². The standard InChI is InChI=1S/C16H21N3O9/c20-10(9-3-1-5-17-7-9)4-2-6-19(18-26)8-27-16-13(23)11(21)12(22)14(28-16)15(24)25/h1,3,5,7,11-14,16,21-23H,2,4,6,8H2,(H,24,25)/t11-,12-,13+,14-,16+/m0/s1. The lowest BCUT2D eigenvalue weighted by atomic mass is 9.99. The van der Waals surface area contributed by atoms with Crippen molar-refractivity contribution in [3.05, 3.63) is 35.0 Å². The summed E-state index contributed by atoms with van der Waals surface area (Å²) in [4.78, 5) is 37.8. The van der Waals surface area contributed by atoms with E-state index in [1.807, 2.05) is 0 Å². The number of carboxylic acid groups (broad SMARTS) is 1. The minimum absolute atomic E-state index is 0.0475. The summed E-state index contributed by atoms with van der Waals surface area (Å²) < 4.78 is 10.0. The first-order valence-corrected chi connectivity index (χ1v) is 8.40. The number of ether oxygens (including phenoxy) is 2. The van der Waals surface area contributed by atoms with Crippen molar-refractivity contribution in [1.82, 2.24) is 9.99 Å². The average molecular weight is 399 g/mol. The summed E-state index contributed by atoms with van der Waals surface area (Å²) in [7, 11) is 0. The highest BCUT2D eigenvalue weighted by Gasteiger charge is 2.47. The molecule has 0 unspecified atom stereocenters. The van der Waals surface area contributed by atoms with Crippen molar-refractivity contribution in [2.24, 2.45) is 5.29 Å². The van der Waals surface area contributed by atoms with E-state index in [1.165, 1.54) is 6.20 Å². The molecule has 1 fully saturated rings. The van der Waals surface area contributed by atoms with Gasteiger partial charge in [-0.1, -0.05) is 0 Å². The van der Waals surface area contributed by atoms with Crippen LogP contribution in [0.1, 0.15) is 23.2 Å². The SMILES string of the molecule is O=NN(CCCC(=O)c1cccnc1)CO[C@@H]1O[C@H](C(=O)O)[C@@H](O)[C@H](O)[C@H]1O. The van der Waals surface area contributed by atoms with E-state index in [0.717, 1.165) is 5.01 Å². The quantitative estimate of drug-likeness (QED) is 0.162. The molecule has 154 valence electrons. The molecular weight excluding hydrogens is 378 g/mol. The van der Waals surface area contributed by atoms with E-state index >= 15 is 0 Å². The van der Waals surface area contributed by atoms with Gasteiger partial charge >= 0.3 is 5.97 Å². The van der Waals surface area contributed by atoms with Crippen LogP contribution in [-0.2, 0) is 14.3 Å². The molecule has 2 heterocycles. The molecule has 1 aromatic heterocycles. The number of carbonyl (C=O) groups excluding carboxylic acids is 1. The molecule has 5 atom stereocenters. The number of rotatable bonds is 10. The molecule has 1 aliphatic rings. The molecule has 0 aromatic carbocycles. The Kier molecular flexibility index (Phi) is 7.90. The Morgan fingerprint density at radius 3 is 2.61 bits per heavy atom. The molecule has 12 heteroatoms. The van der Waals surface area contributed by atoms with Gasteiger partial charge in [0, 0.05) is 30.9 Å². The van der Waals surface area contributed by atoms with Crippen molar-refractivity contribution in [2.45, 2.75) is 43.5 Å². The van der Waals surface area contributed by atoms with Gasteiger partial charge in [-0.15, -0.1) is 4.91 Å². The van der Waals surface area contributed by atoms with Crippen molar-refractivity contribution >= 4 is 11.8 Å². The fraction of sp³-hybridized carbons (Fsp3) is 0.562. The number of nitrogens with zero attached hydrogens (tertiary/aromatic N) is 3. The third-order valence-corrected chi connectivity index (χ3v) is 4.12. The van der Waals surface area contributed by atoms with Crippen LogP contribution < -0.4 is 0 Å². The number of carboxylic acids is 1. The number of ketones is 1. The number of nitroso groups, excluding NO2 is 1. The second-order valence-corrected chi connectivity index (χ2v) is 6.11. The fourth-order valence-corrected chi connectivity index (χ4v) is 2.57. The molecule has 0 amide bonds. The Balaban J connectivity index is 1.81. The molecule has 0 aliphatic carbocycles. The van der Waals surface area contributed by atoms with Crippen LogP contribution in [0.4, 0.5) is 0 Å². The van der Waals surface area contributed by atoms with Gasteiger partial charge in [-0.25, -0.2) is 9.80 Å². The number of carbonyl (C=O) groups is 2. The van der Waals surface area contributed by atoms with Crippen LogP contribution in [-0.4, -0.2) is 86.2 Å². The van der Waals surface area contributed by atoms with Gasteiger partial charge in [-0.2, -0.15) is 0 Å². The lowest BCUT2D eigenvalue weighted by Gasteiger charge is -2.38. The van der Waals surface area contributed by atoms with Crippen molar-refractivity contribution in [3.8, 4) is 0 Å². The Morgan fingerprint density at radius 2 is 2.00 bits per heavy atom. The number of pyridine rings is 1.